The molecular formula is C11H11ClN2O2S. The minimum absolute atomic E-state index is 0. The molecule has 2 aromatic carbocycles. The molecule has 0 saturated heterocycles. The smallest absolute Gasteiger partial charge is 0.165 e. The molecule has 0 amide bonds. The lowest BCUT2D eigenvalue weighted by Gasteiger charge is -2.08. The second kappa shape index (κ2) is 5.16. The lowest BCUT2D eigenvalue weighted by Crippen LogP contribution is -2.03. The highest BCUT2D eigenvalue weighted by molar-refractivity contribution is 8.13. The first-order chi connectivity index (χ1) is 7.59. The maximum atomic E-state index is 9.67. The molecule has 5 N–H and O–H groups in total. The minimum atomic E-state index is -0.206. The number of hydrogen-bond acceptors (Lipinski definition) is 4. The third-order valence-electron chi connectivity index (χ3n) is 2.18. The van der Waals surface area contributed by atoms with Crippen LogP contribution in [0.4, 0.5) is 0 Å². The van der Waals surface area contributed by atoms with Gasteiger partial charge in [-0.2, -0.15) is 0 Å². The van der Waals surface area contributed by atoms with Crippen molar-refractivity contribution in [2.45, 2.75) is 4.90 Å². The van der Waals surface area contributed by atoms with Crippen LogP contribution in [-0.4, -0.2) is 15.4 Å². The zero-order valence-corrected chi connectivity index (χ0v) is 10.3. The number of nitrogens with two attached hydrogens (primary N) is 1. The molecule has 0 spiro atoms. The molecule has 2 aromatic rings. The Morgan fingerprint density at radius 2 is 1.76 bits per heavy atom. The van der Waals surface area contributed by atoms with E-state index in [1.165, 1.54) is 6.07 Å². The van der Waals surface area contributed by atoms with Gasteiger partial charge in [0.1, 0.15) is 0 Å². The van der Waals surface area contributed by atoms with Crippen molar-refractivity contribution in [2.24, 2.45) is 5.73 Å². The van der Waals surface area contributed by atoms with E-state index < -0.39 is 0 Å². The summed E-state index contributed by atoms with van der Waals surface area (Å²) in [5.41, 5.74) is 5.31. The minimum Gasteiger partial charge on any atom is -0.504 e. The molecule has 17 heavy (non-hydrogen) atoms. The molecule has 0 aromatic heterocycles. The normalized spacial score (nSPS) is 9.88. The van der Waals surface area contributed by atoms with Crippen LogP contribution in [0.2, 0.25) is 0 Å². The number of rotatable bonds is 1. The predicted octanol–water partition coefficient (Wildman–Crippen LogP) is 2.66. The number of phenolic OH excluding ortho intramolecular Hbond substituents is 2. The SMILES string of the molecule is Cl.N=C(N)Sc1cc(O)c(O)c2ccccc12. The zero-order valence-electron chi connectivity index (χ0n) is 8.68. The molecule has 0 fully saturated rings. The topological polar surface area (TPSA) is 90.3 Å². The van der Waals surface area contributed by atoms with Crippen LogP contribution in [0.1, 0.15) is 0 Å². The van der Waals surface area contributed by atoms with E-state index in [1.54, 1.807) is 18.2 Å². The Labute approximate surface area is 108 Å². The number of fused-ring (bicyclic) bond motifs is 1. The molecule has 90 valence electrons. The molecule has 6 heteroatoms. The van der Waals surface area contributed by atoms with Crippen LogP contribution in [0, 0.1) is 5.41 Å². The highest BCUT2D eigenvalue weighted by Gasteiger charge is 2.11. The van der Waals surface area contributed by atoms with Crippen LogP contribution in [-0.2, 0) is 0 Å². The molecular weight excluding hydrogens is 260 g/mol. The Morgan fingerprint density at radius 1 is 1.18 bits per heavy atom. The number of amidine groups is 1. The van der Waals surface area contributed by atoms with Gasteiger partial charge in [0, 0.05) is 10.3 Å². The number of phenols is 2. The van der Waals surface area contributed by atoms with E-state index in [9.17, 15) is 10.2 Å². The number of benzene rings is 2. The van der Waals surface area contributed by atoms with Gasteiger partial charge in [-0.1, -0.05) is 36.0 Å². The summed E-state index contributed by atoms with van der Waals surface area (Å²) in [6.45, 7) is 0. The maximum Gasteiger partial charge on any atom is 0.165 e. The van der Waals surface area contributed by atoms with Gasteiger partial charge < -0.3 is 15.9 Å². The van der Waals surface area contributed by atoms with Crippen molar-refractivity contribution in [3.63, 3.8) is 0 Å². The van der Waals surface area contributed by atoms with Gasteiger partial charge >= 0.3 is 0 Å². The van der Waals surface area contributed by atoms with E-state index in [-0.39, 0.29) is 29.1 Å². The Hall–Kier alpha value is -1.59. The molecule has 0 saturated carbocycles. The summed E-state index contributed by atoms with van der Waals surface area (Å²) in [5.74, 6) is -0.356. The Bertz CT molecular complexity index is 575. The van der Waals surface area contributed by atoms with Crippen LogP contribution in [0.25, 0.3) is 10.8 Å². The van der Waals surface area contributed by atoms with Crippen molar-refractivity contribution >= 4 is 40.1 Å². The van der Waals surface area contributed by atoms with E-state index >= 15 is 0 Å². The van der Waals surface area contributed by atoms with Crippen molar-refractivity contribution in [3.8, 4) is 11.5 Å². The van der Waals surface area contributed by atoms with E-state index in [4.69, 9.17) is 11.1 Å². The van der Waals surface area contributed by atoms with E-state index in [1.807, 2.05) is 6.07 Å². The maximum absolute atomic E-state index is 9.67. The van der Waals surface area contributed by atoms with Gasteiger partial charge in [-0.15, -0.1) is 12.4 Å². The Morgan fingerprint density at radius 3 is 2.35 bits per heavy atom. The molecule has 0 aliphatic carbocycles. The molecule has 4 nitrogen and oxygen atoms in total. The molecule has 0 aliphatic rings. The van der Waals surface area contributed by atoms with Gasteiger partial charge in [0.2, 0.25) is 0 Å². The fourth-order valence-corrected chi connectivity index (χ4v) is 2.21. The average molecular weight is 271 g/mol. The highest BCUT2D eigenvalue weighted by Crippen LogP contribution is 2.39. The fraction of sp³-hybridized carbons (Fsp3) is 0. The van der Waals surface area contributed by atoms with Crippen molar-refractivity contribution in [1.82, 2.24) is 0 Å². The second-order valence-corrected chi connectivity index (χ2v) is 4.34. The molecule has 0 heterocycles. The van der Waals surface area contributed by atoms with E-state index in [0.29, 0.717) is 10.3 Å². The van der Waals surface area contributed by atoms with Gasteiger partial charge in [0.05, 0.1) is 0 Å². The molecule has 0 atom stereocenters. The number of hydrogen-bond donors (Lipinski definition) is 4. The summed E-state index contributed by atoms with van der Waals surface area (Å²) in [4.78, 5) is 0.651. The Balaban J connectivity index is 0.00000144. The van der Waals surface area contributed by atoms with Gasteiger partial charge in [-0.05, 0) is 11.5 Å². The first-order valence-corrected chi connectivity index (χ1v) is 5.37. The zero-order chi connectivity index (χ0) is 11.7. The van der Waals surface area contributed by atoms with Crippen molar-refractivity contribution in [1.29, 1.82) is 5.41 Å². The summed E-state index contributed by atoms with van der Waals surface area (Å²) in [6, 6.07) is 8.50. The lowest BCUT2D eigenvalue weighted by molar-refractivity contribution is 0.407. The monoisotopic (exact) mass is 270 g/mol. The molecule has 0 radical (unpaired) electrons. The standard InChI is InChI=1S/C11H10N2O2S.ClH/c12-11(13)16-9-5-8(14)10(15)7-4-2-1-3-6(7)9;/h1-5,14-15H,(H3,12,13);1H. The van der Waals surface area contributed by atoms with Crippen molar-refractivity contribution < 1.29 is 10.2 Å². The first-order valence-electron chi connectivity index (χ1n) is 4.55. The second-order valence-electron chi connectivity index (χ2n) is 3.25. The Kier molecular flexibility index (Phi) is 4.09. The third-order valence-corrected chi connectivity index (χ3v) is 2.96. The van der Waals surface area contributed by atoms with Crippen LogP contribution in [0.3, 0.4) is 0 Å². The van der Waals surface area contributed by atoms with E-state index in [0.717, 1.165) is 17.1 Å². The van der Waals surface area contributed by atoms with Crippen LogP contribution in [0.5, 0.6) is 11.5 Å². The summed E-state index contributed by atoms with van der Waals surface area (Å²) >= 11 is 1.04. The van der Waals surface area contributed by atoms with Crippen molar-refractivity contribution in [2.75, 3.05) is 0 Å². The molecule has 2 rings (SSSR count). The number of nitrogens with one attached hydrogen (secondary N) is 1. The lowest BCUT2D eigenvalue weighted by atomic mass is 10.1. The van der Waals surface area contributed by atoms with Crippen LogP contribution in [0.15, 0.2) is 35.2 Å². The number of aromatic hydroxyl groups is 2. The van der Waals surface area contributed by atoms with Gasteiger partial charge in [-0.3, -0.25) is 5.41 Å². The first kappa shape index (κ1) is 13.5. The third kappa shape index (κ3) is 2.57. The van der Waals surface area contributed by atoms with E-state index in [2.05, 4.69) is 0 Å². The molecule has 0 aliphatic heterocycles. The van der Waals surface area contributed by atoms with Crippen LogP contribution >= 0.6 is 24.2 Å². The summed E-state index contributed by atoms with van der Waals surface area (Å²) in [7, 11) is 0. The summed E-state index contributed by atoms with van der Waals surface area (Å²) < 4.78 is 0. The van der Waals surface area contributed by atoms with Gasteiger partial charge in [0.25, 0.3) is 0 Å². The molecule has 0 bridgehead atoms. The quantitative estimate of drug-likeness (QED) is 0.278. The van der Waals surface area contributed by atoms with Crippen molar-refractivity contribution in [3.05, 3.63) is 30.3 Å². The van der Waals surface area contributed by atoms with Crippen LogP contribution < -0.4 is 5.73 Å². The number of halogens is 1. The van der Waals surface area contributed by atoms with Gasteiger partial charge in [0.15, 0.2) is 16.7 Å². The predicted molar refractivity (Wildman–Crippen MR) is 72.3 cm³/mol. The molecule has 0 unspecified atom stereocenters. The number of thioether (sulfide) groups is 1. The fourth-order valence-electron chi connectivity index (χ4n) is 1.52. The van der Waals surface area contributed by atoms with Gasteiger partial charge in [-0.25, -0.2) is 0 Å². The summed E-state index contributed by atoms with van der Waals surface area (Å²) in [6.07, 6.45) is 0. The largest absolute Gasteiger partial charge is 0.504 e. The summed E-state index contributed by atoms with van der Waals surface area (Å²) in [5, 5.41) is 27.7. The highest BCUT2D eigenvalue weighted by atomic mass is 35.5. The average Bonchev–Trinajstić information content (AvgIpc) is 2.25.